The predicted molar refractivity (Wildman–Crippen MR) is 323 cm³/mol. The molecule has 0 amide bonds. The standard InChI is InChI=1S/C78H50/c1-3-7-67-55(5-1)39-57-29-45(9-19-69(57)67)47-11-21-71-59(31-47)41-61-33-49(13-23-73(61)71)51-15-25-75-63(35-51)43-65-37-53(17-27-77(65)75)54-18-28-78-66(38-54)44-64-36-52(16-26-76(64)78)50-14-24-74-62(34-50)42-60-32-48(12-22-72(60)74)46-10-20-70-58(30-46)40-56-6-2-4-8-68(56)70/h1-38H,39-44H2. The second kappa shape index (κ2) is 16.1. The summed E-state index contributed by atoms with van der Waals surface area (Å²) in [5.41, 5.74) is 46.7. The lowest BCUT2D eigenvalue weighted by atomic mass is 9.95. The number of rotatable bonds is 5. The molecule has 362 valence electrons. The van der Waals surface area contributed by atoms with E-state index in [1.165, 1.54) is 189 Å². The van der Waals surface area contributed by atoms with Crippen molar-refractivity contribution in [3.8, 4) is 122 Å². The van der Waals surface area contributed by atoms with E-state index in [2.05, 4.69) is 231 Å². The van der Waals surface area contributed by atoms with Crippen LogP contribution in [0.5, 0.6) is 0 Å². The normalized spacial score (nSPS) is 13.6. The summed E-state index contributed by atoms with van der Waals surface area (Å²) in [4.78, 5) is 0. The Balaban J connectivity index is 0.557. The first-order valence-corrected chi connectivity index (χ1v) is 28.0. The molecule has 0 aliphatic heterocycles. The summed E-state index contributed by atoms with van der Waals surface area (Å²) in [6.45, 7) is 0. The average molecular weight is 987 g/mol. The molecule has 12 aromatic carbocycles. The zero-order valence-electron chi connectivity index (χ0n) is 43.2. The number of hydrogen-bond acceptors (Lipinski definition) is 0. The largest absolute Gasteiger partial charge is 0.0619 e. The highest BCUT2D eigenvalue weighted by molar-refractivity contribution is 5.90. The summed E-state index contributed by atoms with van der Waals surface area (Å²) in [5.74, 6) is 0. The number of benzene rings is 12. The van der Waals surface area contributed by atoms with Gasteiger partial charge in [-0.3, -0.25) is 0 Å². The molecular formula is C78H50. The van der Waals surface area contributed by atoms with E-state index in [9.17, 15) is 0 Å². The Morgan fingerprint density at radius 1 is 0.128 bits per heavy atom. The number of hydrogen-bond donors (Lipinski definition) is 0. The predicted octanol–water partition coefficient (Wildman–Crippen LogP) is 19.4. The lowest BCUT2D eigenvalue weighted by Gasteiger charge is -2.09. The topological polar surface area (TPSA) is 0 Å². The average Bonchev–Trinajstić information content (AvgIpc) is 4.38. The first-order chi connectivity index (χ1) is 38.5. The fourth-order valence-electron chi connectivity index (χ4n) is 14.9. The van der Waals surface area contributed by atoms with Crippen LogP contribution in [0.3, 0.4) is 0 Å². The van der Waals surface area contributed by atoms with Crippen molar-refractivity contribution < 1.29 is 0 Å². The lowest BCUT2D eigenvalue weighted by Crippen LogP contribution is -1.87. The van der Waals surface area contributed by atoms with Gasteiger partial charge < -0.3 is 0 Å². The van der Waals surface area contributed by atoms with Crippen molar-refractivity contribution in [3.63, 3.8) is 0 Å². The van der Waals surface area contributed by atoms with E-state index in [0.717, 1.165) is 38.5 Å². The summed E-state index contributed by atoms with van der Waals surface area (Å²) >= 11 is 0. The molecule has 0 heteroatoms. The Kier molecular flexibility index (Phi) is 8.83. The monoisotopic (exact) mass is 986 g/mol. The second-order valence-electron chi connectivity index (χ2n) is 23.1. The van der Waals surface area contributed by atoms with Crippen molar-refractivity contribution in [2.75, 3.05) is 0 Å². The van der Waals surface area contributed by atoms with Crippen LogP contribution in [0.4, 0.5) is 0 Å². The van der Waals surface area contributed by atoms with E-state index in [4.69, 9.17) is 0 Å². The third-order valence-corrected chi connectivity index (χ3v) is 18.8. The molecule has 0 N–H and O–H groups in total. The van der Waals surface area contributed by atoms with Gasteiger partial charge in [0.2, 0.25) is 0 Å². The van der Waals surface area contributed by atoms with Crippen LogP contribution in [0, 0.1) is 0 Å². The van der Waals surface area contributed by atoms with Crippen LogP contribution < -0.4 is 0 Å². The van der Waals surface area contributed by atoms with Gasteiger partial charge in [-0.1, -0.05) is 231 Å². The van der Waals surface area contributed by atoms with Crippen LogP contribution in [-0.2, 0) is 38.5 Å². The van der Waals surface area contributed by atoms with Crippen LogP contribution in [0.1, 0.15) is 66.8 Å². The molecule has 6 aliphatic rings. The zero-order valence-corrected chi connectivity index (χ0v) is 43.2. The smallest absolute Gasteiger partial charge is 0.00130 e. The maximum absolute atomic E-state index is 2.46. The minimum absolute atomic E-state index is 0.959. The molecule has 0 heterocycles. The van der Waals surface area contributed by atoms with Crippen LogP contribution in [-0.4, -0.2) is 0 Å². The van der Waals surface area contributed by atoms with Gasteiger partial charge in [0, 0.05) is 0 Å². The SMILES string of the molecule is c1ccc2c(c1)Cc1cc(-c3ccc4c(c3)Cc3cc(-c5ccc6c(c5)Cc5cc(-c7ccc8c(c7)Cc7cc(-c9ccc%10c(c9)Cc9cc(-c%11ccc%12c(c%11)Cc%11ccccc%11-%12)ccc9-%10)ccc7-8)ccc5-6)ccc3-4)ccc1-2. The number of fused-ring (bicyclic) bond motifs is 18. The summed E-state index contributed by atoms with van der Waals surface area (Å²) < 4.78 is 0. The lowest BCUT2D eigenvalue weighted by molar-refractivity contribution is 1.25. The highest BCUT2D eigenvalue weighted by Gasteiger charge is 2.27. The van der Waals surface area contributed by atoms with Gasteiger partial charge in [0.1, 0.15) is 0 Å². The Morgan fingerprint density at radius 2 is 0.269 bits per heavy atom. The van der Waals surface area contributed by atoms with Crippen molar-refractivity contribution in [2.24, 2.45) is 0 Å². The molecule has 18 rings (SSSR count). The van der Waals surface area contributed by atoms with Gasteiger partial charge in [-0.15, -0.1) is 0 Å². The van der Waals surface area contributed by atoms with Crippen molar-refractivity contribution >= 4 is 0 Å². The molecule has 0 atom stereocenters. The maximum atomic E-state index is 2.46. The van der Waals surface area contributed by atoms with E-state index in [0.29, 0.717) is 0 Å². The Bertz CT molecular complexity index is 4370. The molecular weight excluding hydrogens is 937 g/mol. The van der Waals surface area contributed by atoms with E-state index in [-0.39, 0.29) is 0 Å². The van der Waals surface area contributed by atoms with Gasteiger partial charge in [0.15, 0.2) is 0 Å². The van der Waals surface area contributed by atoms with E-state index < -0.39 is 0 Å². The van der Waals surface area contributed by atoms with Crippen LogP contribution in [0.2, 0.25) is 0 Å². The van der Waals surface area contributed by atoms with E-state index in [1.54, 1.807) is 0 Å². The van der Waals surface area contributed by atoms with E-state index >= 15 is 0 Å². The quantitative estimate of drug-likeness (QED) is 0.161. The van der Waals surface area contributed by atoms with E-state index in [1.807, 2.05) is 0 Å². The molecule has 12 aromatic rings. The third kappa shape index (κ3) is 6.47. The molecule has 78 heavy (non-hydrogen) atoms. The van der Waals surface area contributed by atoms with Crippen molar-refractivity contribution in [1.82, 2.24) is 0 Å². The molecule has 0 aromatic heterocycles. The first kappa shape index (κ1) is 42.8. The van der Waals surface area contributed by atoms with Gasteiger partial charge in [-0.25, -0.2) is 0 Å². The second-order valence-corrected chi connectivity index (χ2v) is 23.1. The first-order valence-electron chi connectivity index (χ1n) is 28.0. The summed E-state index contributed by atoms with van der Waals surface area (Å²) in [5, 5.41) is 0. The van der Waals surface area contributed by atoms with Crippen molar-refractivity contribution in [3.05, 3.63) is 297 Å². The van der Waals surface area contributed by atoms with Gasteiger partial charge in [-0.2, -0.15) is 0 Å². The molecule has 0 nitrogen and oxygen atoms in total. The molecule has 0 radical (unpaired) electrons. The highest BCUT2D eigenvalue weighted by atomic mass is 14.3. The summed E-state index contributed by atoms with van der Waals surface area (Å²) in [6.07, 6.45) is 5.90. The van der Waals surface area contributed by atoms with Crippen molar-refractivity contribution in [1.29, 1.82) is 0 Å². The fourth-order valence-corrected chi connectivity index (χ4v) is 14.9. The van der Waals surface area contributed by atoms with Gasteiger partial charge in [0.25, 0.3) is 0 Å². The Morgan fingerprint density at radius 3 is 0.449 bits per heavy atom. The maximum Gasteiger partial charge on any atom is -0.00130 e. The molecule has 0 fully saturated rings. The molecule has 0 saturated carbocycles. The Labute approximate surface area is 455 Å². The summed E-state index contributed by atoms with van der Waals surface area (Å²) in [6, 6.07) is 89.0. The Hall–Kier alpha value is -9.36. The van der Waals surface area contributed by atoms with Gasteiger partial charge in [0.05, 0.1) is 0 Å². The zero-order chi connectivity index (χ0) is 50.7. The molecule has 0 saturated heterocycles. The highest BCUT2D eigenvalue weighted by Crippen LogP contribution is 2.48. The van der Waals surface area contributed by atoms with Crippen LogP contribution in [0.15, 0.2) is 231 Å². The van der Waals surface area contributed by atoms with Crippen molar-refractivity contribution in [2.45, 2.75) is 38.5 Å². The minimum Gasteiger partial charge on any atom is -0.0619 e. The molecule has 6 aliphatic carbocycles. The molecule has 0 bridgehead atoms. The van der Waals surface area contributed by atoms with Gasteiger partial charge in [-0.05, 0) is 228 Å². The van der Waals surface area contributed by atoms with Gasteiger partial charge >= 0.3 is 0 Å². The minimum atomic E-state index is 0.959. The summed E-state index contributed by atoms with van der Waals surface area (Å²) in [7, 11) is 0. The van der Waals surface area contributed by atoms with Crippen LogP contribution in [0.25, 0.3) is 122 Å². The molecule has 0 spiro atoms. The molecule has 0 unspecified atom stereocenters. The third-order valence-electron chi connectivity index (χ3n) is 18.8. The van der Waals surface area contributed by atoms with Crippen LogP contribution >= 0.6 is 0 Å². The fraction of sp³-hybridized carbons (Fsp3) is 0.0769.